The van der Waals surface area contributed by atoms with Crippen molar-refractivity contribution < 1.29 is 4.52 Å². The van der Waals surface area contributed by atoms with Crippen LogP contribution in [0.15, 0.2) is 22.9 Å². The lowest BCUT2D eigenvalue weighted by molar-refractivity contribution is 0.0713. The van der Waals surface area contributed by atoms with Gasteiger partial charge in [0.25, 0.3) is 0 Å². The van der Waals surface area contributed by atoms with Gasteiger partial charge in [0.05, 0.1) is 0 Å². The second-order valence-corrected chi connectivity index (χ2v) is 5.66. The number of piperazine rings is 1. The maximum atomic E-state index is 5.35. The number of rotatable bonds is 3. The third-order valence-corrected chi connectivity index (χ3v) is 4.07. The van der Waals surface area contributed by atoms with Crippen LogP contribution >= 0.6 is 0 Å². The minimum Gasteiger partial charge on any atom is -0.338 e. The summed E-state index contributed by atoms with van der Waals surface area (Å²) in [5.41, 5.74) is 2.38. The van der Waals surface area contributed by atoms with Gasteiger partial charge in [0, 0.05) is 38.1 Å². The summed E-state index contributed by atoms with van der Waals surface area (Å²) in [6, 6.07) is 4.31. The fourth-order valence-electron chi connectivity index (χ4n) is 2.71. The third kappa shape index (κ3) is 3.11. The average Bonchev–Trinajstić information content (AvgIpc) is 2.90. The zero-order valence-electron chi connectivity index (χ0n) is 12.8. The van der Waals surface area contributed by atoms with E-state index in [1.54, 1.807) is 0 Å². The number of pyridine rings is 1. The molecule has 2 aromatic heterocycles. The number of likely N-dealkylation sites (N-methyl/N-ethyl adjacent to an activating group) is 1. The Balaban J connectivity index is 1.72. The molecule has 2 aromatic rings. The largest absolute Gasteiger partial charge is 0.338 e. The molecule has 6 nitrogen and oxygen atoms in total. The van der Waals surface area contributed by atoms with E-state index in [1.807, 2.05) is 19.2 Å². The van der Waals surface area contributed by atoms with Gasteiger partial charge in [0.1, 0.15) is 6.04 Å². The summed E-state index contributed by atoms with van der Waals surface area (Å²) < 4.78 is 5.35. The van der Waals surface area contributed by atoms with E-state index in [1.165, 1.54) is 5.56 Å². The van der Waals surface area contributed by atoms with Gasteiger partial charge in [-0.15, -0.1) is 0 Å². The average molecular weight is 287 g/mol. The molecule has 0 spiro atoms. The molecular formula is C15H21N5O. The van der Waals surface area contributed by atoms with Crippen molar-refractivity contribution in [1.29, 1.82) is 0 Å². The van der Waals surface area contributed by atoms with Crippen molar-refractivity contribution in [3.8, 4) is 0 Å². The summed E-state index contributed by atoms with van der Waals surface area (Å²) in [6.07, 6.45) is 1.84. The van der Waals surface area contributed by atoms with E-state index < -0.39 is 0 Å². The van der Waals surface area contributed by atoms with Gasteiger partial charge in [-0.25, -0.2) is 0 Å². The molecule has 3 rings (SSSR count). The standard InChI is InChI=1S/C15H21N5O/c1-11-13(5-4-6-16-11)9-20-8-7-19(3)14(10-20)15-17-12(2)18-21-15/h4-6,14H,7-10H2,1-3H3/t14-/m1/s1. The summed E-state index contributed by atoms with van der Waals surface area (Å²) in [6.45, 7) is 7.75. The van der Waals surface area contributed by atoms with Gasteiger partial charge < -0.3 is 4.52 Å². The molecule has 0 bridgehead atoms. The Morgan fingerprint density at radius 3 is 2.90 bits per heavy atom. The number of nitrogens with zero attached hydrogens (tertiary/aromatic N) is 5. The SMILES string of the molecule is Cc1noc([C@H]2CN(Cc3cccnc3C)CCN2C)n1. The molecule has 0 radical (unpaired) electrons. The van der Waals surface area contributed by atoms with Crippen molar-refractivity contribution >= 4 is 0 Å². The molecule has 21 heavy (non-hydrogen) atoms. The second-order valence-electron chi connectivity index (χ2n) is 5.66. The minimum absolute atomic E-state index is 0.164. The smallest absolute Gasteiger partial charge is 0.245 e. The molecule has 0 amide bonds. The van der Waals surface area contributed by atoms with Crippen molar-refractivity contribution in [3.63, 3.8) is 0 Å². The fraction of sp³-hybridized carbons (Fsp3) is 0.533. The lowest BCUT2D eigenvalue weighted by Gasteiger charge is -2.37. The van der Waals surface area contributed by atoms with E-state index in [0.29, 0.717) is 11.7 Å². The lowest BCUT2D eigenvalue weighted by atomic mass is 10.1. The Kier molecular flexibility index (Phi) is 3.98. The van der Waals surface area contributed by atoms with Crippen LogP contribution in [0.3, 0.4) is 0 Å². The molecular weight excluding hydrogens is 266 g/mol. The molecule has 1 fully saturated rings. The van der Waals surface area contributed by atoms with Crippen LogP contribution in [0, 0.1) is 13.8 Å². The Bertz CT molecular complexity index is 612. The topological polar surface area (TPSA) is 58.3 Å². The van der Waals surface area contributed by atoms with E-state index in [2.05, 4.69) is 45.0 Å². The van der Waals surface area contributed by atoms with Crippen molar-refractivity contribution in [1.82, 2.24) is 24.9 Å². The molecule has 0 unspecified atom stereocenters. The van der Waals surface area contributed by atoms with Crippen molar-refractivity contribution in [3.05, 3.63) is 41.3 Å². The molecule has 0 N–H and O–H groups in total. The molecule has 1 aliphatic heterocycles. The first-order valence-corrected chi connectivity index (χ1v) is 7.27. The van der Waals surface area contributed by atoms with Gasteiger partial charge in [-0.3, -0.25) is 14.8 Å². The molecule has 1 saturated heterocycles. The Labute approximate surface area is 124 Å². The molecule has 0 saturated carbocycles. The fourth-order valence-corrected chi connectivity index (χ4v) is 2.71. The van der Waals surface area contributed by atoms with Crippen molar-refractivity contribution in [2.45, 2.75) is 26.4 Å². The normalized spacial score (nSPS) is 20.8. The summed E-state index contributed by atoms with van der Waals surface area (Å²) in [4.78, 5) is 13.4. The Morgan fingerprint density at radius 1 is 1.33 bits per heavy atom. The predicted molar refractivity (Wildman–Crippen MR) is 78.7 cm³/mol. The van der Waals surface area contributed by atoms with Crippen LogP contribution in [-0.2, 0) is 6.54 Å². The molecule has 6 heteroatoms. The molecule has 3 heterocycles. The quantitative estimate of drug-likeness (QED) is 0.854. The van der Waals surface area contributed by atoms with Crippen LogP contribution in [0.5, 0.6) is 0 Å². The maximum absolute atomic E-state index is 5.35. The summed E-state index contributed by atoms with van der Waals surface area (Å²) in [7, 11) is 2.11. The van der Waals surface area contributed by atoms with Crippen molar-refractivity contribution in [2.75, 3.05) is 26.7 Å². The highest BCUT2D eigenvalue weighted by Crippen LogP contribution is 2.24. The summed E-state index contributed by atoms with van der Waals surface area (Å²) >= 11 is 0. The number of hydrogen-bond donors (Lipinski definition) is 0. The lowest BCUT2D eigenvalue weighted by Crippen LogP contribution is -2.46. The van der Waals surface area contributed by atoms with Crippen LogP contribution in [0.1, 0.15) is 29.0 Å². The molecule has 1 atom stereocenters. The van der Waals surface area contributed by atoms with Crippen molar-refractivity contribution in [2.24, 2.45) is 0 Å². The molecule has 112 valence electrons. The van der Waals surface area contributed by atoms with E-state index in [-0.39, 0.29) is 6.04 Å². The number of aryl methyl sites for hydroxylation is 2. The Morgan fingerprint density at radius 2 is 2.19 bits per heavy atom. The van der Waals surface area contributed by atoms with Gasteiger partial charge in [0.2, 0.25) is 5.89 Å². The second kappa shape index (κ2) is 5.91. The molecule has 0 aromatic carbocycles. The van der Waals surface area contributed by atoms with Gasteiger partial charge in [-0.2, -0.15) is 4.98 Å². The predicted octanol–water partition coefficient (Wildman–Crippen LogP) is 1.57. The highest BCUT2D eigenvalue weighted by molar-refractivity contribution is 5.18. The first-order valence-electron chi connectivity index (χ1n) is 7.27. The molecule has 0 aliphatic carbocycles. The first-order chi connectivity index (χ1) is 10.1. The van der Waals surface area contributed by atoms with E-state index >= 15 is 0 Å². The van der Waals surface area contributed by atoms with Crippen LogP contribution in [0.2, 0.25) is 0 Å². The maximum Gasteiger partial charge on any atom is 0.245 e. The van der Waals surface area contributed by atoms with Gasteiger partial charge in [-0.1, -0.05) is 11.2 Å². The third-order valence-electron chi connectivity index (χ3n) is 4.07. The minimum atomic E-state index is 0.164. The first kappa shape index (κ1) is 14.2. The summed E-state index contributed by atoms with van der Waals surface area (Å²) in [5.74, 6) is 1.40. The van der Waals surface area contributed by atoms with Gasteiger partial charge >= 0.3 is 0 Å². The van der Waals surface area contributed by atoms with Crippen LogP contribution in [0.4, 0.5) is 0 Å². The van der Waals surface area contributed by atoms with Gasteiger partial charge in [-0.05, 0) is 32.5 Å². The monoisotopic (exact) mass is 287 g/mol. The number of hydrogen-bond acceptors (Lipinski definition) is 6. The molecule has 1 aliphatic rings. The summed E-state index contributed by atoms with van der Waals surface area (Å²) in [5, 5.41) is 3.91. The van der Waals surface area contributed by atoms with Crippen LogP contribution in [-0.4, -0.2) is 51.6 Å². The van der Waals surface area contributed by atoms with E-state index in [0.717, 1.165) is 31.9 Å². The Hall–Kier alpha value is -1.79. The van der Waals surface area contributed by atoms with E-state index in [9.17, 15) is 0 Å². The van der Waals surface area contributed by atoms with Crippen LogP contribution < -0.4 is 0 Å². The highest BCUT2D eigenvalue weighted by Gasteiger charge is 2.29. The van der Waals surface area contributed by atoms with E-state index in [4.69, 9.17) is 4.52 Å². The number of aromatic nitrogens is 3. The zero-order valence-corrected chi connectivity index (χ0v) is 12.8. The highest BCUT2D eigenvalue weighted by atomic mass is 16.5. The zero-order chi connectivity index (χ0) is 14.8. The van der Waals surface area contributed by atoms with Gasteiger partial charge in [0.15, 0.2) is 5.82 Å². The van der Waals surface area contributed by atoms with Crippen LogP contribution in [0.25, 0.3) is 0 Å².